The van der Waals surface area contributed by atoms with Crippen molar-refractivity contribution in [2.24, 2.45) is 7.05 Å². The fourth-order valence-electron chi connectivity index (χ4n) is 3.17. The second-order valence-corrected chi connectivity index (χ2v) is 6.05. The van der Waals surface area contributed by atoms with Crippen molar-refractivity contribution in [2.45, 2.75) is 44.7 Å². The van der Waals surface area contributed by atoms with Crippen LogP contribution in [0.2, 0.25) is 0 Å². The maximum absolute atomic E-state index is 12.2. The first-order chi connectivity index (χ1) is 11.1. The molecule has 0 aromatic carbocycles. The normalized spacial score (nSPS) is 16.1. The van der Waals surface area contributed by atoms with Crippen LogP contribution in [0.5, 0.6) is 0 Å². The topological polar surface area (TPSA) is 93.9 Å². The maximum atomic E-state index is 12.2. The third kappa shape index (κ3) is 3.03. The Kier molecular flexibility index (Phi) is 4.51. The monoisotopic (exact) mass is 321 g/mol. The fourth-order valence-corrected chi connectivity index (χ4v) is 3.17. The number of methoxy groups -OCH3 is 1. The fraction of sp³-hybridized carbons (Fsp3) is 0.667. The number of hydrogen-bond donors (Lipinski definition) is 2. The molecular weight excluding hydrogens is 298 g/mol. The SMILES string of the molecule is COCCn1c(NC2CCCCC2)nc2c1c(=O)[nH]c(=O)n2C. The minimum Gasteiger partial charge on any atom is -0.383 e. The molecule has 1 aliphatic carbocycles. The minimum atomic E-state index is -0.455. The largest absolute Gasteiger partial charge is 0.383 e. The van der Waals surface area contributed by atoms with Gasteiger partial charge in [-0.25, -0.2) is 4.79 Å². The number of ether oxygens (including phenoxy) is 1. The lowest BCUT2D eigenvalue weighted by Gasteiger charge is -2.23. The van der Waals surface area contributed by atoms with Gasteiger partial charge in [0.15, 0.2) is 11.2 Å². The summed E-state index contributed by atoms with van der Waals surface area (Å²) >= 11 is 0. The molecule has 2 N–H and O–H groups in total. The Hall–Kier alpha value is -2.09. The number of H-pyrrole nitrogens is 1. The molecule has 0 amide bonds. The van der Waals surface area contributed by atoms with E-state index in [0.717, 1.165) is 12.8 Å². The lowest BCUT2D eigenvalue weighted by Crippen LogP contribution is -2.29. The van der Waals surface area contributed by atoms with Gasteiger partial charge >= 0.3 is 5.69 Å². The highest BCUT2D eigenvalue weighted by Gasteiger charge is 2.20. The van der Waals surface area contributed by atoms with Crippen LogP contribution in [-0.4, -0.2) is 38.9 Å². The summed E-state index contributed by atoms with van der Waals surface area (Å²) in [4.78, 5) is 30.9. The first kappa shape index (κ1) is 15.8. The highest BCUT2D eigenvalue weighted by molar-refractivity contribution is 5.74. The van der Waals surface area contributed by atoms with Crippen LogP contribution in [0, 0.1) is 0 Å². The van der Waals surface area contributed by atoms with Crippen LogP contribution in [0.15, 0.2) is 9.59 Å². The Morgan fingerprint density at radius 3 is 2.74 bits per heavy atom. The molecule has 1 aliphatic rings. The molecule has 1 fully saturated rings. The molecule has 0 saturated heterocycles. The molecule has 0 spiro atoms. The second kappa shape index (κ2) is 6.57. The molecule has 0 bridgehead atoms. The summed E-state index contributed by atoms with van der Waals surface area (Å²) in [5.41, 5.74) is -0.0675. The van der Waals surface area contributed by atoms with Gasteiger partial charge in [-0.3, -0.25) is 14.3 Å². The molecule has 8 heteroatoms. The van der Waals surface area contributed by atoms with Crippen LogP contribution in [0.25, 0.3) is 11.2 Å². The summed E-state index contributed by atoms with van der Waals surface area (Å²) in [6.07, 6.45) is 5.88. The standard InChI is InChI=1S/C15H23N5O3/c1-19-12-11(13(21)18-15(19)22)20(8-9-23-2)14(17-12)16-10-6-4-3-5-7-10/h10H,3-9H2,1-2H3,(H,16,17)(H,18,21,22). The average Bonchev–Trinajstić information content (AvgIpc) is 2.90. The molecule has 2 aromatic heterocycles. The van der Waals surface area contributed by atoms with Crippen molar-refractivity contribution in [1.82, 2.24) is 19.1 Å². The van der Waals surface area contributed by atoms with Gasteiger partial charge in [-0.05, 0) is 12.8 Å². The highest BCUT2D eigenvalue weighted by atomic mass is 16.5. The van der Waals surface area contributed by atoms with Crippen molar-refractivity contribution in [3.63, 3.8) is 0 Å². The lowest BCUT2D eigenvalue weighted by atomic mass is 9.96. The van der Waals surface area contributed by atoms with Crippen LogP contribution < -0.4 is 16.6 Å². The first-order valence-electron chi connectivity index (χ1n) is 8.07. The number of imidazole rings is 1. The smallest absolute Gasteiger partial charge is 0.329 e. The van der Waals surface area contributed by atoms with Gasteiger partial charge in [-0.15, -0.1) is 0 Å². The predicted molar refractivity (Wildman–Crippen MR) is 88.0 cm³/mol. The molecule has 1 saturated carbocycles. The molecule has 23 heavy (non-hydrogen) atoms. The maximum Gasteiger partial charge on any atom is 0.329 e. The predicted octanol–water partition coefficient (Wildman–Crippen LogP) is 0.814. The van der Waals surface area contributed by atoms with Crippen LogP contribution in [0.1, 0.15) is 32.1 Å². The van der Waals surface area contributed by atoms with Gasteiger partial charge in [0.25, 0.3) is 5.56 Å². The molecule has 3 rings (SSSR count). The summed E-state index contributed by atoms with van der Waals surface area (Å²) in [5, 5.41) is 3.45. The quantitative estimate of drug-likeness (QED) is 0.850. The van der Waals surface area contributed by atoms with Crippen LogP contribution in [0.3, 0.4) is 0 Å². The second-order valence-electron chi connectivity index (χ2n) is 6.05. The van der Waals surface area contributed by atoms with E-state index in [4.69, 9.17) is 4.74 Å². The number of anilines is 1. The molecule has 0 aliphatic heterocycles. The molecule has 126 valence electrons. The summed E-state index contributed by atoms with van der Waals surface area (Å²) < 4.78 is 8.32. The van der Waals surface area contributed by atoms with Crippen LogP contribution in [0.4, 0.5) is 5.95 Å². The van der Waals surface area contributed by atoms with Gasteiger partial charge < -0.3 is 14.6 Å². The zero-order valence-electron chi connectivity index (χ0n) is 13.6. The molecule has 2 aromatic rings. The van der Waals surface area contributed by atoms with Gasteiger partial charge in [-0.1, -0.05) is 19.3 Å². The van der Waals surface area contributed by atoms with Crippen molar-refractivity contribution >= 4 is 17.1 Å². The van der Waals surface area contributed by atoms with Gasteiger partial charge in [0, 0.05) is 26.7 Å². The summed E-state index contributed by atoms with van der Waals surface area (Å²) in [6, 6.07) is 0.359. The van der Waals surface area contributed by atoms with E-state index in [1.807, 2.05) is 4.57 Å². The van der Waals surface area contributed by atoms with E-state index in [9.17, 15) is 9.59 Å². The Balaban J connectivity index is 2.07. The summed E-state index contributed by atoms with van der Waals surface area (Å²) in [7, 11) is 3.23. The molecule has 0 unspecified atom stereocenters. The van der Waals surface area contributed by atoms with Crippen molar-refractivity contribution in [1.29, 1.82) is 0 Å². The Bertz CT molecular complexity index is 798. The number of aryl methyl sites for hydroxylation is 1. The van der Waals surface area contributed by atoms with Crippen molar-refractivity contribution in [2.75, 3.05) is 19.0 Å². The number of aromatic amines is 1. The number of hydrogen-bond acceptors (Lipinski definition) is 5. The van der Waals surface area contributed by atoms with Crippen molar-refractivity contribution in [3.8, 4) is 0 Å². The first-order valence-corrected chi connectivity index (χ1v) is 8.07. The third-order valence-corrected chi connectivity index (χ3v) is 4.46. The van der Waals surface area contributed by atoms with Gasteiger partial charge in [0.05, 0.1) is 6.61 Å². The molecule has 0 radical (unpaired) electrons. The van der Waals surface area contributed by atoms with E-state index in [-0.39, 0.29) is 0 Å². The van der Waals surface area contributed by atoms with E-state index in [2.05, 4.69) is 15.3 Å². The Morgan fingerprint density at radius 1 is 1.30 bits per heavy atom. The van der Waals surface area contributed by atoms with Gasteiger partial charge in [0.2, 0.25) is 5.95 Å². The Morgan fingerprint density at radius 2 is 2.04 bits per heavy atom. The zero-order valence-corrected chi connectivity index (χ0v) is 13.6. The average molecular weight is 321 g/mol. The number of nitrogens with one attached hydrogen (secondary N) is 2. The van der Waals surface area contributed by atoms with E-state index in [1.54, 1.807) is 14.2 Å². The van der Waals surface area contributed by atoms with E-state index in [0.29, 0.717) is 36.3 Å². The van der Waals surface area contributed by atoms with Crippen LogP contribution >= 0.6 is 0 Å². The molecule has 2 heterocycles. The number of fused-ring (bicyclic) bond motifs is 1. The number of nitrogens with zero attached hydrogens (tertiary/aromatic N) is 3. The van der Waals surface area contributed by atoms with Crippen molar-refractivity contribution < 1.29 is 4.74 Å². The van der Waals surface area contributed by atoms with E-state index < -0.39 is 11.2 Å². The van der Waals surface area contributed by atoms with Gasteiger partial charge in [0.1, 0.15) is 0 Å². The van der Waals surface area contributed by atoms with E-state index in [1.165, 1.54) is 23.8 Å². The molecular formula is C15H23N5O3. The van der Waals surface area contributed by atoms with Crippen LogP contribution in [-0.2, 0) is 18.3 Å². The lowest BCUT2D eigenvalue weighted by molar-refractivity contribution is 0.188. The minimum absolute atomic E-state index is 0.359. The summed E-state index contributed by atoms with van der Waals surface area (Å²) in [6.45, 7) is 0.969. The summed E-state index contributed by atoms with van der Waals surface area (Å²) in [5.74, 6) is 0.635. The molecule has 8 nitrogen and oxygen atoms in total. The number of aromatic nitrogens is 4. The molecule has 0 atom stereocenters. The number of rotatable bonds is 5. The third-order valence-electron chi connectivity index (χ3n) is 4.46. The highest BCUT2D eigenvalue weighted by Crippen LogP contribution is 2.23. The zero-order chi connectivity index (χ0) is 16.4. The van der Waals surface area contributed by atoms with Gasteiger partial charge in [-0.2, -0.15) is 4.98 Å². The Labute approximate surface area is 133 Å². The van der Waals surface area contributed by atoms with Crippen molar-refractivity contribution in [3.05, 3.63) is 20.8 Å². The van der Waals surface area contributed by atoms with E-state index >= 15 is 0 Å².